The van der Waals surface area contributed by atoms with Crippen LogP contribution in [0.5, 0.6) is 0 Å². The van der Waals surface area contributed by atoms with Gasteiger partial charge in [-0.05, 0) is 41.7 Å². The van der Waals surface area contributed by atoms with Crippen molar-refractivity contribution in [2.24, 2.45) is 5.92 Å². The van der Waals surface area contributed by atoms with Gasteiger partial charge in [-0.15, -0.1) is 0 Å². The van der Waals surface area contributed by atoms with Crippen LogP contribution in [0.15, 0.2) is 48.5 Å². The van der Waals surface area contributed by atoms with E-state index >= 15 is 0 Å². The third-order valence-electron chi connectivity index (χ3n) is 7.09. The average Bonchev–Trinajstić information content (AvgIpc) is 3.58. The molecule has 0 unspecified atom stereocenters. The minimum Gasteiger partial charge on any atom is -0.394 e. The molecule has 31 heavy (non-hydrogen) atoms. The predicted octanol–water partition coefficient (Wildman–Crippen LogP) is 2.52. The van der Waals surface area contributed by atoms with E-state index < -0.39 is 5.54 Å². The molecule has 0 radical (unpaired) electrons. The number of rotatable bonds is 4. The Morgan fingerprint density at radius 1 is 1.06 bits per heavy atom. The summed E-state index contributed by atoms with van der Waals surface area (Å²) in [5, 5.41) is 19.0. The highest BCUT2D eigenvalue weighted by atomic mass is 16.3. The smallest absolute Gasteiger partial charge is 0.225 e. The van der Waals surface area contributed by atoms with Crippen LogP contribution in [-0.2, 0) is 9.59 Å². The quantitative estimate of drug-likeness (QED) is 0.832. The Hall–Kier alpha value is -3.17. The Balaban J connectivity index is 1.41. The van der Waals surface area contributed by atoms with Gasteiger partial charge in [0.05, 0.1) is 29.8 Å². The van der Waals surface area contributed by atoms with Gasteiger partial charge >= 0.3 is 0 Å². The van der Waals surface area contributed by atoms with E-state index in [9.17, 15) is 14.7 Å². The molecule has 1 N–H and O–H groups in total. The zero-order chi connectivity index (χ0) is 21.8. The van der Waals surface area contributed by atoms with E-state index in [2.05, 4.69) is 18.2 Å². The number of aliphatic hydroxyl groups excluding tert-OH is 1. The number of likely N-dealkylation sites (tertiary alicyclic amines) is 2. The number of amides is 2. The van der Waals surface area contributed by atoms with Crippen LogP contribution in [0.2, 0.25) is 0 Å². The van der Waals surface area contributed by atoms with Crippen LogP contribution in [-0.4, -0.2) is 58.0 Å². The van der Waals surface area contributed by atoms with E-state index in [1.165, 1.54) is 0 Å². The summed E-state index contributed by atoms with van der Waals surface area (Å²) in [6.07, 6.45) is 1.94. The molecule has 3 aliphatic rings. The maximum Gasteiger partial charge on any atom is 0.225 e. The van der Waals surface area contributed by atoms with Gasteiger partial charge in [0.25, 0.3) is 0 Å². The Bertz CT molecular complexity index is 1060. The lowest BCUT2D eigenvalue weighted by Crippen LogP contribution is -2.85. The van der Waals surface area contributed by atoms with Gasteiger partial charge in [0.1, 0.15) is 0 Å². The highest BCUT2D eigenvalue weighted by Crippen LogP contribution is 2.54. The molecule has 2 aromatic rings. The summed E-state index contributed by atoms with van der Waals surface area (Å²) in [7, 11) is 0. The molecular formula is C25H25N3O3. The molecular weight excluding hydrogens is 390 g/mol. The summed E-state index contributed by atoms with van der Waals surface area (Å²) < 4.78 is 0. The van der Waals surface area contributed by atoms with Crippen LogP contribution in [0, 0.1) is 17.2 Å². The monoisotopic (exact) mass is 415 g/mol. The average molecular weight is 415 g/mol. The highest BCUT2D eigenvalue weighted by molar-refractivity contribution is 5.84. The Kier molecular flexibility index (Phi) is 4.60. The second kappa shape index (κ2) is 7.21. The van der Waals surface area contributed by atoms with Gasteiger partial charge in [0.2, 0.25) is 11.8 Å². The molecule has 6 nitrogen and oxygen atoms in total. The molecule has 2 saturated heterocycles. The van der Waals surface area contributed by atoms with E-state index in [0.717, 1.165) is 29.5 Å². The molecule has 2 aliphatic heterocycles. The fourth-order valence-corrected chi connectivity index (χ4v) is 5.50. The third-order valence-corrected chi connectivity index (χ3v) is 7.09. The van der Waals surface area contributed by atoms with Gasteiger partial charge in [-0.3, -0.25) is 9.59 Å². The second-order valence-corrected chi connectivity index (χ2v) is 9.00. The molecule has 2 amide bonds. The van der Waals surface area contributed by atoms with E-state index in [1.54, 1.807) is 24.0 Å². The molecule has 1 saturated carbocycles. The number of carbonyl (C=O) groups is 2. The number of carbonyl (C=O) groups excluding carboxylic acids is 2. The van der Waals surface area contributed by atoms with Crippen LogP contribution in [0.3, 0.4) is 0 Å². The van der Waals surface area contributed by atoms with Crippen molar-refractivity contribution >= 4 is 11.8 Å². The topological polar surface area (TPSA) is 84.6 Å². The van der Waals surface area contributed by atoms with Crippen molar-refractivity contribution in [3.8, 4) is 17.2 Å². The third kappa shape index (κ3) is 3.03. The summed E-state index contributed by atoms with van der Waals surface area (Å²) in [6.45, 7) is 2.53. The molecule has 2 heterocycles. The lowest BCUT2D eigenvalue weighted by molar-refractivity contribution is -0.202. The highest BCUT2D eigenvalue weighted by Gasteiger charge is 2.67. The Morgan fingerprint density at radius 3 is 2.13 bits per heavy atom. The first kappa shape index (κ1) is 19.8. The van der Waals surface area contributed by atoms with Crippen molar-refractivity contribution in [3.63, 3.8) is 0 Å². The largest absolute Gasteiger partial charge is 0.394 e. The first-order valence-corrected chi connectivity index (χ1v) is 10.8. The number of nitrogens with zero attached hydrogens (tertiary/aromatic N) is 3. The maximum absolute atomic E-state index is 12.5. The summed E-state index contributed by atoms with van der Waals surface area (Å²) in [5.74, 6) is 0.321. The summed E-state index contributed by atoms with van der Waals surface area (Å²) >= 11 is 0. The molecule has 2 atom stereocenters. The number of benzene rings is 2. The lowest BCUT2D eigenvalue weighted by Gasteiger charge is -2.70. The minimum absolute atomic E-state index is 0.000307. The summed E-state index contributed by atoms with van der Waals surface area (Å²) in [5.41, 5.74) is 3.36. The Labute approximate surface area is 181 Å². The van der Waals surface area contributed by atoms with E-state index in [0.29, 0.717) is 18.7 Å². The molecule has 1 spiro atoms. The van der Waals surface area contributed by atoms with Gasteiger partial charge in [-0.1, -0.05) is 36.4 Å². The van der Waals surface area contributed by atoms with Crippen molar-refractivity contribution in [1.82, 2.24) is 9.80 Å². The van der Waals surface area contributed by atoms with Crippen molar-refractivity contribution in [1.29, 1.82) is 5.26 Å². The van der Waals surface area contributed by atoms with E-state index in [1.807, 2.05) is 29.2 Å². The van der Waals surface area contributed by atoms with Crippen molar-refractivity contribution in [2.75, 3.05) is 19.7 Å². The van der Waals surface area contributed by atoms with Gasteiger partial charge in [0, 0.05) is 31.8 Å². The second-order valence-electron chi connectivity index (χ2n) is 9.00. The van der Waals surface area contributed by atoms with Crippen molar-refractivity contribution in [2.45, 2.75) is 37.3 Å². The maximum atomic E-state index is 12.5. The lowest BCUT2D eigenvalue weighted by atomic mass is 9.60. The van der Waals surface area contributed by atoms with E-state index in [-0.39, 0.29) is 36.3 Å². The minimum atomic E-state index is -0.417. The van der Waals surface area contributed by atoms with Gasteiger partial charge < -0.3 is 14.9 Å². The normalized spacial score (nSPS) is 23.6. The zero-order valence-electron chi connectivity index (χ0n) is 17.5. The molecule has 3 fully saturated rings. The van der Waals surface area contributed by atoms with Crippen LogP contribution in [0.1, 0.15) is 36.8 Å². The molecule has 6 heteroatoms. The first-order chi connectivity index (χ1) is 15.0. The number of aliphatic hydroxyl groups is 1. The van der Waals surface area contributed by atoms with Crippen LogP contribution in [0.4, 0.5) is 0 Å². The van der Waals surface area contributed by atoms with Gasteiger partial charge in [-0.25, -0.2) is 0 Å². The van der Waals surface area contributed by atoms with Gasteiger partial charge in [-0.2, -0.15) is 5.26 Å². The van der Waals surface area contributed by atoms with Crippen molar-refractivity contribution < 1.29 is 14.7 Å². The van der Waals surface area contributed by atoms with Crippen LogP contribution < -0.4 is 0 Å². The van der Waals surface area contributed by atoms with Crippen molar-refractivity contribution in [3.05, 3.63) is 59.7 Å². The molecule has 0 aromatic heterocycles. The summed E-state index contributed by atoms with van der Waals surface area (Å²) in [6, 6.07) is 17.5. The SMILES string of the molecule is CC(=O)N1[C@H](CO)[C@H](c2ccc(-c3ccc(C#N)cc3)cc2)C12CN(C(=O)C1CC1)C2. The first-order valence-electron chi connectivity index (χ1n) is 10.8. The zero-order valence-corrected chi connectivity index (χ0v) is 17.5. The number of nitriles is 1. The number of hydrogen-bond acceptors (Lipinski definition) is 4. The Morgan fingerprint density at radius 2 is 1.65 bits per heavy atom. The fraction of sp³-hybridized carbons (Fsp3) is 0.400. The van der Waals surface area contributed by atoms with Crippen LogP contribution in [0.25, 0.3) is 11.1 Å². The summed E-state index contributed by atoms with van der Waals surface area (Å²) in [4.78, 5) is 28.5. The standard InChI is InChI=1S/C25H25N3O3/c1-16(30)28-22(13-29)23(25(28)14-27(15-25)24(31)21-10-11-21)20-8-6-19(7-9-20)18-4-2-17(12-26)3-5-18/h2-9,21-23,29H,10-11,13-15H2,1H3/t22-,23+/m1/s1. The molecule has 0 bridgehead atoms. The van der Waals surface area contributed by atoms with E-state index in [4.69, 9.17) is 5.26 Å². The fourth-order valence-electron chi connectivity index (χ4n) is 5.50. The molecule has 158 valence electrons. The molecule has 1 aliphatic carbocycles. The predicted molar refractivity (Wildman–Crippen MR) is 115 cm³/mol. The molecule has 2 aromatic carbocycles. The number of hydrogen-bond donors (Lipinski definition) is 1. The van der Waals surface area contributed by atoms with Crippen LogP contribution >= 0.6 is 0 Å². The molecule has 5 rings (SSSR count). The van der Waals surface area contributed by atoms with Gasteiger partial charge in [0.15, 0.2) is 0 Å².